The lowest BCUT2D eigenvalue weighted by atomic mass is 10.2. The van der Waals surface area contributed by atoms with Gasteiger partial charge < -0.3 is 10.6 Å². The lowest BCUT2D eigenvalue weighted by Crippen LogP contribution is -2.53. The van der Waals surface area contributed by atoms with Crippen molar-refractivity contribution >= 4 is 34.8 Å². The molecule has 1 saturated heterocycles. The molecule has 1 unspecified atom stereocenters. The maximum absolute atomic E-state index is 12.9. The van der Waals surface area contributed by atoms with Crippen molar-refractivity contribution in [2.24, 2.45) is 0 Å². The van der Waals surface area contributed by atoms with Crippen molar-refractivity contribution in [3.8, 4) is 0 Å². The maximum Gasteiger partial charge on any atom is 0.241 e. The van der Waals surface area contributed by atoms with E-state index in [1.165, 1.54) is 24.3 Å². The van der Waals surface area contributed by atoms with Crippen molar-refractivity contribution in [2.45, 2.75) is 13.0 Å². The fraction of sp³-hybridized carbons (Fsp3) is 0.333. The van der Waals surface area contributed by atoms with E-state index in [2.05, 4.69) is 15.5 Å². The Morgan fingerprint density at radius 1 is 1.03 bits per heavy atom. The Hall–Kier alpha value is -2.48. The first-order chi connectivity index (χ1) is 13.9. The molecule has 1 atom stereocenters. The van der Waals surface area contributed by atoms with Crippen LogP contribution in [0.4, 0.5) is 15.8 Å². The summed E-state index contributed by atoms with van der Waals surface area (Å²) in [5.74, 6) is -0.570. The quantitative estimate of drug-likeness (QED) is 0.756. The molecule has 1 aliphatic rings. The van der Waals surface area contributed by atoms with Gasteiger partial charge in [0.25, 0.3) is 0 Å². The van der Waals surface area contributed by atoms with Crippen molar-refractivity contribution in [1.29, 1.82) is 0 Å². The molecule has 154 valence electrons. The molecule has 0 saturated carbocycles. The summed E-state index contributed by atoms with van der Waals surface area (Å²) in [5, 5.41) is 6.22. The van der Waals surface area contributed by atoms with Crippen LogP contribution in [0.2, 0.25) is 5.02 Å². The summed E-state index contributed by atoms with van der Waals surface area (Å²) >= 11 is 5.96. The van der Waals surface area contributed by atoms with Gasteiger partial charge in [0, 0.05) is 42.6 Å². The number of carbonyl (C=O) groups is 2. The smallest absolute Gasteiger partial charge is 0.241 e. The largest absolute Gasteiger partial charge is 0.325 e. The van der Waals surface area contributed by atoms with Gasteiger partial charge >= 0.3 is 0 Å². The van der Waals surface area contributed by atoms with Gasteiger partial charge in [-0.05, 0) is 49.4 Å². The molecule has 8 heteroatoms. The van der Waals surface area contributed by atoms with Crippen LogP contribution in [0, 0.1) is 5.82 Å². The molecule has 2 N–H and O–H groups in total. The minimum Gasteiger partial charge on any atom is -0.325 e. The molecular formula is C21H24ClFN4O2. The molecule has 6 nitrogen and oxygen atoms in total. The van der Waals surface area contributed by atoms with Gasteiger partial charge in [-0.1, -0.05) is 17.7 Å². The molecule has 2 amide bonds. The highest BCUT2D eigenvalue weighted by Crippen LogP contribution is 2.16. The second-order valence-corrected chi connectivity index (χ2v) is 7.48. The van der Waals surface area contributed by atoms with Crippen LogP contribution in [0.3, 0.4) is 0 Å². The van der Waals surface area contributed by atoms with Gasteiger partial charge in [-0.15, -0.1) is 0 Å². The van der Waals surface area contributed by atoms with E-state index in [1.807, 2.05) is 11.8 Å². The monoisotopic (exact) mass is 418 g/mol. The predicted molar refractivity (Wildman–Crippen MR) is 113 cm³/mol. The number of nitrogens with one attached hydrogen (secondary N) is 2. The zero-order valence-electron chi connectivity index (χ0n) is 16.2. The maximum atomic E-state index is 12.9. The van der Waals surface area contributed by atoms with Gasteiger partial charge in [0.2, 0.25) is 11.8 Å². The summed E-state index contributed by atoms with van der Waals surface area (Å²) in [6.07, 6.45) is 0. The second kappa shape index (κ2) is 9.82. The molecule has 0 aliphatic carbocycles. The predicted octanol–water partition coefficient (Wildman–Crippen LogP) is 3.06. The third-order valence-electron chi connectivity index (χ3n) is 4.92. The highest BCUT2D eigenvalue weighted by molar-refractivity contribution is 6.30. The molecular weight excluding hydrogens is 395 g/mol. The Labute approximate surface area is 174 Å². The van der Waals surface area contributed by atoms with Crippen LogP contribution in [0.5, 0.6) is 0 Å². The molecule has 0 spiro atoms. The SMILES string of the molecule is CC(C(=O)Nc1cccc(Cl)c1)N1CCN(CC(=O)Nc2ccc(F)cc2)CC1. The van der Waals surface area contributed by atoms with E-state index in [4.69, 9.17) is 11.6 Å². The summed E-state index contributed by atoms with van der Waals surface area (Å²) in [7, 11) is 0. The molecule has 2 aromatic rings. The Balaban J connectivity index is 1.43. The van der Waals surface area contributed by atoms with E-state index in [9.17, 15) is 14.0 Å². The molecule has 1 fully saturated rings. The van der Waals surface area contributed by atoms with Crippen LogP contribution in [-0.4, -0.2) is 60.4 Å². The van der Waals surface area contributed by atoms with Crippen LogP contribution >= 0.6 is 11.6 Å². The zero-order valence-corrected chi connectivity index (χ0v) is 17.0. The first kappa shape index (κ1) is 21.2. The number of benzene rings is 2. The summed E-state index contributed by atoms with van der Waals surface area (Å²) in [6.45, 7) is 4.88. The summed E-state index contributed by atoms with van der Waals surface area (Å²) in [4.78, 5) is 28.8. The Bertz CT molecular complexity index is 854. The average Bonchev–Trinajstić information content (AvgIpc) is 2.70. The topological polar surface area (TPSA) is 64.7 Å². The van der Waals surface area contributed by atoms with Crippen LogP contribution in [-0.2, 0) is 9.59 Å². The number of anilines is 2. The lowest BCUT2D eigenvalue weighted by molar-refractivity contribution is -0.122. The molecule has 3 rings (SSSR count). The second-order valence-electron chi connectivity index (χ2n) is 7.04. The van der Waals surface area contributed by atoms with Crippen LogP contribution in [0.15, 0.2) is 48.5 Å². The third-order valence-corrected chi connectivity index (χ3v) is 5.16. The minimum atomic E-state index is -0.340. The molecule has 1 aliphatic heterocycles. The normalized spacial score (nSPS) is 16.2. The fourth-order valence-electron chi connectivity index (χ4n) is 3.22. The number of hydrogen-bond acceptors (Lipinski definition) is 4. The number of piperazine rings is 1. The Morgan fingerprint density at radius 3 is 2.38 bits per heavy atom. The lowest BCUT2D eigenvalue weighted by Gasteiger charge is -2.37. The molecule has 2 aromatic carbocycles. The highest BCUT2D eigenvalue weighted by atomic mass is 35.5. The van der Waals surface area contributed by atoms with E-state index in [0.717, 1.165) is 0 Å². The fourth-order valence-corrected chi connectivity index (χ4v) is 3.41. The van der Waals surface area contributed by atoms with Crippen molar-refractivity contribution in [3.63, 3.8) is 0 Å². The Morgan fingerprint density at radius 2 is 1.72 bits per heavy atom. The molecule has 1 heterocycles. The van der Waals surface area contributed by atoms with Crippen LogP contribution in [0.25, 0.3) is 0 Å². The molecule has 29 heavy (non-hydrogen) atoms. The van der Waals surface area contributed by atoms with Gasteiger partial charge in [-0.3, -0.25) is 19.4 Å². The number of halogens is 2. The standard InChI is InChI=1S/C21H24ClFN4O2/c1-15(21(29)25-19-4-2-3-16(22)13-19)27-11-9-26(10-12-27)14-20(28)24-18-7-5-17(23)6-8-18/h2-8,13,15H,9-12,14H2,1H3,(H,24,28)(H,25,29). The van der Waals surface area contributed by atoms with Crippen molar-refractivity contribution < 1.29 is 14.0 Å². The van der Waals surface area contributed by atoms with Gasteiger partial charge in [0.1, 0.15) is 5.82 Å². The van der Waals surface area contributed by atoms with E-state index in [0.29, 0.717) is 42.6 Å². The van der Waals surface area contributed by atoms with E-state index < -0.39 is 0 Å². The minimum absolute atomic E-state index is 0.0882. The number of rotatable bonds is 6. The molecule has 0 aromatic heterocycles. The summed E-state index contributed by atoms with van der Waals surface area (Å²) < 4.78 is 12.9. The zero-order chi connectivity index (χ0) is 20.8. The van der Waals surface area contributed by atoms with Gasteiger partial charge in [-0.2, -0.15) is 0 Å². The molecule has 0 bridgehead atoms. The van der Waals surface area contributed by atoms with E-state index in [1.54, 1.807) is 24.3 Å². The number of amides is 2. The van der Waals surface area contributed by atoms with Gasteiger partial charge in [0.05, 0.1) is 12.6 Å². The first-order valence-electron chi connectivity index (χ1n) is 9.49. The van der Waals surface area contributed by atoms with Crippen molar-refractivity contribution in [3.05, 3.63) is 59.4 Å². The Kier molecular flexibility index (Phi) is 7.19. The number of hydrogen-bond donors (Lipinski definition) is 2. The van der Waals surface area contributed by atoms with Gasteiger partial charge in [-0.25, -0.2) is 4.39 Å². The number of nitrogens with zero attached hydrogens (tertiary/aromatic N) is 2. The first-order valence-corrected chi connectivity index (χ1v) is 9.87. The van der Waals surface area contributed by atoms with Crippen molar-refractivity contribution in [2.75, 3.05) is 43.4 Å². The van der Waals surface area contributed by atoms with E-state index in [-0.39, 0.29) is 30.2 Å². The van der Waals surface area contributed by atoms with Crippen molar-refractivity contribution in [1.82, 2.24) is 9.80 Å². The van der Waals surface area contributed by atoms with Crippen LogP contribution < -0.4 is 10.6 Å². The van der Waals surface area contributed by atoms with Gasteiger partial charge in [0.15, 0.2) is 0 Å². The molecule has 0 radical (unpaired) electrons. The van der Waals surface area contributed by atoms with E-state index >= 15 is 0 Å². The highest BCUT2D eigenvalue weighted by Gasteiger charge is 2.26. The number of carbonyl (C=O) groups excluding carboxylic acids is 2. The van der Waals surface area contributed by atoms with Crippen LogP contribution in [0.1, 0.15) is 6.92 Å². The summed E-state index contributed by atoms with van der Waals surface area (Å²) in [5.41, 5.74) is 1.24. The summed E-state index contributed by atoms with van der Waals surface area (Å²) in [6, 6.07) is 12.5. The third kappa shape index (κ3) is 6.25. The average molecular weight is 419 g/mol.